The van der Waals surface area contributed by atoms with Gasteiger partial charge in [0.2, 0.25) is 5.91 Å². The van der Waals surface area contributed by atoms with Crippen LogP contribution in [0.2, 0.25) is 0 Å². The number of rotatable bonds is 5. The fraction of sp³-hybridized carbons (Fsp3) is 0.389. The van der Waals surface area contributed by atoms with Crippen LogP contribution in [0.25, 0.3) is 0 Å². The first-order valence-electron chi connectivity index (χ1n) is 7.72. The molecule has 1 saturated heterocycles. The van der Waals surface area contributed by atoms with Crippen molar-refractivity contribution in [2.24, 2.45) is 5.41 Å². The second-order valence-electron chi connectivity index (χ2n) is 5.81. The highest BCUT2D eigenvalue weighted by molar-refractivity contribution is 6.12. The molecule has 1 unspecified atom stereocenters. The summed E-state index contributed by atoms with van der Waals surface area (Å²) in [6.07, 6.45) is 2.34. The maximum absolute atomic E-state index is 12.7. The Morgan fingerprint density at radius 2 is 2.00 bits per heavy atom. The molecule has 2 rings (SSSR count). The number of nitrogens with zero attached hydrogens (tertiary/aromatic N) is 1. The van der Waals surface area contributed by atoms with Gasteiger partial charge in [-0.05, 0) is 44.0 Å². The molecule has 0 bridgehead atoms. The van der Waals surface area contributed by atoms with Crippen molar-refractivity contribution in [1.29, 1.82) is 0 Å². The van der Waals surface area contributed by atoms with Gasteiger partial charge in [-0.1, -0.05) is 12.7 Å². The van der Waals surface area contributed by atoms with Crippen LogP contribution >= 0.6 is 0 Å². The van der Waals surface area contributed by atoms with Crippen LogP contribution in [0.1, 0.15) is 30.1 Å². The van der Waals surface area contributed by atoms with Gasteiger partial charge < -0.3 is 9.47 Å². The molecule has 0 radical (unpaired) electrons. The van der Waals surface area contributed by atoms with Crippen LogP contribution in [0.5, 0.6) is 5.75 Å². The predicted molar refractivity (Wildman–Crippen MR) is 87.5 cm³/mol. The standard InChI is InChI=1S/C18H21NO5/c1-4-12-24-17(22)18(2)10-5-11-19(16(18)21)15(20)13-6-8-14(23-3)9-7-13/h4,6-9H,1,5,10-12H2,2-3H3. The molecule has 1 aromatic rings. The van der Waals surface area contributed by atoms with Crippen LogP contribution in [0.3, 0.4) is 0 Å². The molecule has 24 heavy (non-hydrogen) atoms. The summed E-state index contributed by atoms with van der Waals surface area (Å²) in [4.78, 5) is 38.7. The van der Waals surface area contributed by atoms with E-state index in [0.29, 0.717) is 24.2 Å². The number of piperidine rings is 1. The third-order valence-electron chi connectivity index (χ3n) is 4.14. The first kappa shape index (κ1) is 17.7. The van der Waals surface area contributed by atoms with Crippen LogP contribution in [0.15, 0.2) is 36.9 Å². The highest BCUT2D eigenvalue weighted by Gasteiger charge is 2.49. The lowest BCUT2D eigenvalue weighted by Crippen LogP contribution is -2.53. The number of ether oxygens (including phenoxy) is 2. The molecule has 0 aliphatic carbocycles. The minimum atomic E-state index is -1.34. The van der Waals surface area contributed by atoms with Gasteiger partial charge in [-0.3, -0.25) is 19.3 Å². The summed E-state index contributed by atoms with van der Waals surface area (Å²) < 4.78 is 10.1. The molecule has 1 aromatic carbocycles. The van der Waals surface area contributed by atoms with E-state index in [-0.39, 0.29) is 13.2 Å². The van der Waals surface area contributed by atoms with Gasteiger partial charge in [-0.25, -0.2) is 0 Å². The van der Waals surface area contributed by atoms with E-state index in [4.69, 9.17) is 9.47 Å². The number of likely N-dealkylation sites (tertiary alicyclic amines) is 1. The molecular weight excluding hydrogens is 310 g/mol. The Bertz CT molecular complexity index is 652. The van der Waals surface area contributed by atoms with Crippen molar-refractivity contribution >= 4 is 17.8 Å². The first-order chi connectivity index (χ1) is 11.4. The zero-order chi connectivity index (χ0) is 17.7. The Morgan fingerprint density at radius 3 is 2.58 bits per heavy atom. The summed E-state index contributed by atoms with van der Waals surface area (Å²) in [5.41, 5.74) is -0.975. The van der Waals surface area contributed by atoms with Gasteiger partial charge in [0, 0.05) is 12.1 Å². The van der Waals surface area contributed by atoms with E-state index in [9.17, 15) is 14.4 Å². The van der Waals surface area contributed by atoms with Gasteiger partial charge >= 0.3 is 5.97 Å². The van der Waals surface area contributed by atoms with Crippen molar-refractivity contribution in [2.75, 3.05) is 20.3 Å². The summed E-state index contributed by atoms with van der Waals surface area (Å²) in [5.74, 6) is -0.956. The lowest BCUT2D eigenvalue weighted by Gasteiger charge is -2.36. The van der Waals surface area contributed by atoms with Gasteiger partial charge in [0.25, 0.3) is 5.91 Å². The van der Waals surface area contributed by atoms with E-state index in [1.54, 1.807) is 24.3 Å². The third-order valence-corrected chi connectivity index (χ3v) is 4.14. The number of methoxy groups -OCH3 is 1. The molecule has 1 atom stereocenters. The van der Waals surface area contributed by atoms with Crippen molar-refractivity contribution < 1.29 is 23.9 Å². The van der Waals surface area contributed by atoms with Crippen molar-refractivity contribution in [3.8, 4) is 5.75 Å². The van der Waals surface area contributed by atoms with Crippen molar-refractivity contribution in [3.05, 3.63) is 42.5 Å². The Kier molecular flexibility index (Phi) is 5.39. The molecule has 1 heterocycles. The van der Waals surface area contributed by atoms with E-state index < -0.39 is 23.2 Å². The molecule has 0 spiro atoms. The topological polar surface area (TPSA) is 72.9 Å². The molecule has 1 aliphatic rings. The zero-order valence-electron chi connectivity index (χ0n) is 13.9. The van der Waals surface area contributed by atoms with E-state index in [1.807, 2.05) is 0 Å². The fourth-order valence-electron chi connectivity index (χ4n) is 2.66. The molecule has 2 amide bonds. The maximum atomic E-state index is 12.7. The zero-order valence-corrected chi connectivity index (χ0v) is 13.9. The second-order valence-corrected chi connectivity index (χ2v) is 5.81. The Morgan fingerprint density at radius 1 is 1.33 bits per heavy atom. The molecule has 128 valence electrons. The Hall–Kier alpha value is -2.63. The quantitative estimate of drug-likeness (QED) is 0.358. The molecule has 1 fully saturated rings. The van der Waals surface area contributed by atoms with E-state index in [0.717, 1.165) is 4.90 Å². The number of benzene rings is 1. The lowest BCUT2D eigenvalue weighted by molar-refractivity contribution is -0.165. The molecule has 6 heteroatoms. The van der Waals surface area contributed by atoms with Gasteiger partial charge in [0.05, 0.1) is 7.11 Å². The molecule has 0 N–H and O–H groups in total. The number of carbonyl (C=O) groups excluding carboxylic acids is 3. The van der Waals surface area contributed by atoms with Crippen molar-refractivity contribution in [2.45, 2.75) is 19.8 Å². The van der Waals surface area contributed by atoms with Gasteiger partial charge in [-0.2, -0.15) is 0 Å². The average Bonchev–Trinajstić information content (AvgIpc) is 2.61. The van der Waals surface area contributed by atoms with E-state index >= 15 is 0 Å². The van der Waals surface area contributed by atoms with Crippen LogP contribution in [0, 0.1) is 5.41 Å². The number of esters is 1. The average molecular weight is 331 g/mol. The third kappa shape index (κ3) is 3.32. The largest absolute Gasteiger partial charge is 0.497 e. The van der Waals surface area contributed by atoms with Gasteiger partial charge in [-0.15, -0.1) is 0 Å². The predicted octanol–water partition coefficient (Wildman–Crippen LogP) is 2.19. The number of imide groups is 1. The van der Waals surface area contributed by atoms with Crippen LogP contribution in [-0.4, -0.2) is 42.9 Å². The van der Waals surface area contributed by atoms with Crippen LogP contribution in [0.4, 0.5) is 0 Å². The number of hydrogen-bond donors (Lipinski definition) is 0. The molecule has 6 nitrogen and oxygen atoms in total. The van der Waals surface area contributed by atoms with E-state index in [2.05, 4.69) is 6.58 Å². The lowest BCUT2D eigenvalue weighted by atomic mass is 9.80. The molecule has 0 aromatic heterocycles. The first-order valence-corrected chi connectivity index (χ1v) is 7.72. The Labute approximate surface area is 141 Å². The van der Waals surface area contributed by atoms with Crippen molar-refractivity contribution in [3.63, 3.8) is 0 Å². The van der Waals surface area contributed by atoms with Crippen LogP contribution in [-0.2, 0) is 14.3 Å². The summed E-state index contributed by atoms with van der Waals surface area (Å²) in [7, 11) is 1.53. The van der Waals surface area contributed by atoms with Crippen LogP contribution < -0.4 is 4.74 Å². The highest BCUT2D eigenvalue weighted by Crippen LogP contribution is 2.33. The Balaban J connectivity index is 2.20. The highest BCUT2D eigenvalue weighted by atomic mass is 16.5. The minimum absolute atomic E-state index is 0.0358. The fourth-order valence-corrected chi connectivity index (χ4v) is 2.66. The number of amides is 2. The van der Waals surface area contributed by atoms with Gasteiger partial charge in [0.15, 0.2) is 0 Å². The molecule has 1 aliphatic heterocycles. The minimum Gasteiger partial charge on any atom is -0.497 e. The number of carbonyl (C=O) groups is 3. The smallest absolute Gasteiger partial charge is 0.321 e. The summed E-state index contributed by atoms with van der Waals surface area (Å²) >= 11 is 0. The summed E-state index contributed by atoms with van der Waals surface area (Å²) in [5, 5.41) is 0. The second kappa shape index (κ2) is 7.29. The van der Waals surface area contributed by atoms with E-state index in [1.165, 1.54) is 20.1 Å². The molecular formula is C18H21NO5. The summed E-state index contributed by atoms with van der Waals surface area (Å²) in [6.45, 7) is 5.32. The SMILES string of the molecule is C=CCOC(=O)C1(C)CCCN(C(=O)c2ccc(OC)cc2)C1=O. The normalized spacial score (nSPS) is 20.4. The molecule has 0 saturated carbocycles. The number of hydrogen-bond acceptors (Lipinski definition) is 5. The maximum Gasteiger partial charge on any atom is 0.321 e. The monoisotopic (exact) mass is 331 g/mol. The summed E-state index contributed by atoms with van der Waals surface area (Å²) in [6, 6.07) is 6.49. The van der Waals surface area contributed by atoms with Gasteiger partial charge in [0.1, 0.15) is 17.8 Å². The van der Waals surface area contributed by atoms with Crippen molar-refractivity contribution in [1.82, 2.24) is 4.90 Å².